The Morgan fingerprint density at radius 3 is 2.42 bits per heavy atom. The van der Waals surface area contributed by atoms with E-state index in [9.17, 15) is 8.78 Å². The fourth-order valence-electron chi connectivity index (χ4n) is 0.737. The second-order valence-corrected chi connectivity index (χ2v) is 2.86. The molecule has 0 amide bonds. The van der Waals surface area contributed by atoms with E-state index in [4.69, 9.17) is 0 Å². The van der Waals surface area contributed by atoms with E-state index in [2.05, 4.69) is 17.4 Å². The number of rotatable bonds is 2. The lowest BCUT2D eigenvalue weighted by molar-refractivity contribution is -0.160. The highest BCUT2D eigenvalue weighted by Crippen LogP contribution is 2.26. The van der Waals surface area contributed by atoms with Crippen LogP contribution in [0.2, 0.25) is 0 Å². The van der Waals surface area contributed by atoms with E-state index in [1.165, 1.54) is 6.07 Å². The Labute approximate surface area is 74.8 Å². The first-order valence-electron chi connectivity index (χ1n) is 3.34. The quantitative estimate of drug-likeness (QED) is 0.705. The van der Waals surface area contributed by atoms with Gasteiger partial charge < -0.3 is 4.74 Å². The van der Waals surface area contributed by atoms with Gasteiger partial charge in [-0.15, -0.1) is 12.6 Å². The van der Waals surface area contributed by atoms with Gasteiger partial charge in [-0.05, 0) is 12.1 Å². The molecule has 0 radical (unpaired) electrons. The fourth-order valence-corrected chi connectivity index (χ4v) is 0.943. The van der Waals surface area contributed by atoms with E-state index in [1.54, 1.807) is 18.2 Å². The van der Waals surface area contributed by atoms with Crippen molar-refractivity contribution in [3.8, 4) is 5.75 Å². The van der Waals surface area contributed by atoms with Crippen molar-refractivity contribution in [3.63, 3.8) is 0 Å². The van der Waals surface area contributed by atoms with Gasteiger partial charge in [0.15, 0.2) is 0 Å². The molecule has 12 heavy (non-hydrogen) atoms. The van der Waals surface area contributed by atoms with E-state index < -0.39 is 6.11 Å². The third kappa shape index (κ3) is 2.70. The maximum absolute atomic E-state index is 12.3. The minimum absolute atomic E-state index is 0.0910. The number of para-hydroxylation sites is 1. The Balaban J connectivity index is 2.83. The van der Waals surface area contributed by atoms with Crippen LogP contribution in [-0.2, 0) is 0 Å². The summed E-state index contributed by atoms with van der Waals surface area (Å²) in [6.45, 7) is 0.688. The van der Waals surface area contributed by atoms with Crippen LogP contribution in [0.15, 0.2) is 29.2 Å². The Hall–Kier alpha value is -0.770. The second kappa shape index (κ2) is 3.31. The minimum atomic E-state index is -3.15. The highest BCUT2D eigenvalue weighted by molar-refractivity contribution is 7.80. The van der Waals surface area contributed by atoms with Crippen molar-refractivity contribution in [1.82, 2.24) is 0 Å². The average Bonchev–Trinajstić information content (AvgIpc) is 1.91. The van der Waals surface area contributed by atoms with Crippen LogP contribution in [0.3, 0.4) is 0 Å². The monoisotopic (exact) mass is 190 g/mol. The van der Waals surface area contributed by atoms with Gasteiger partial charge in [-0.1, -0.05) is 12.1 Å². The first kappa shape index (κ1) is 9.32. The van der Waals surface area contributed by atoms with Gasteiger partial charge >= 0.3 is 6.11 Å². The molecule has 0 aliphatic rings. The molecular formula is C8H8F2OS. The van der Waals surface area contributed by atoms with Gasteiger partial charge in [0.1, 0.15) is 5.75 Å². The zero-order chi connectivity index (χ0) is 9.19. The molecule has 1 aromatic rings. The Morgan fingerprint density at radius 1 is 1.33 bits per heavy atom. The lowest BCUT2D eigenvalue weighted by Gasteiger charge is -2.13. The molecule has 0 aliphatic carbocycles. The first-order chi connectivity index (χ1) is 5.49. The highest BCUT2D eigenvalue weighted by Gasteiger charge is 2.23. The molecule has 0 saturated carbocycles. The molecule has 66 valence electrons. The van der Waals surface area contributed by atoms with Crippen molar-refractivity contribution < 1.29 is 13.5 Å². The average molecular weight is 190 g/mol. The summed E-state index contributed by atoms with van der Waals surface area (Å²) in [5.74, 6) is 0.0910. The van der Waals surface area contributed by atoms with Crippen molar-refractivity contribution in [2.24, 2.45) is 0 Å². The van der Waals surface area contributed by atoms with Crippen molar-refractivity contribution >= 4 is 12.6 Å². The van der Waals surface area contributed by atoms with Gasteiger partial charge in [0.25, 0.3) is 0 Å². The van der Waals surface area contributed by atoms with Crippen LogP contribution in [0.5, 0.6) is 5.75 Å². The zero-order valence-corrected chi connectivity index (χ0v) is 7.32. The van der Waals surface area contributed by atoms with Gasteiger partial charge in [0, 0.05) is 11.8 Å². The molecule has 1 rings (SSSR count). The third-order valence-corrected chi connectivity index (χ3v) is 1.52. The summed E-state index contributed by atoms with van der Waals surface area (Å²) in [6.07, 6.45) is -3.15. The van der Waals surface area contributed by atoms with Crippen molar-refractivity contribution in [2.45, 2.75) is 17.9 Å². The molecule has 0 unspecified atom stereocenters. The molecule has 0 bridgehead atoms. The predicted molar refractivity (Wildman–Crippen MR) is 44.9 cm³/mol. The molecular weight excluding hydrogens is 182 g/mol. The number of hydrogen-bond donors (Lipinski definition) is 1. The van der Waals surface area contributed by atoms with Crippen LogP contribution in [0.4, 0.5) is 8.78 Å². The summed E-state index contributed by atoms with van der Waals surface area (Å²) in [5.41, 5.74) is 0. The third-order valence-electron chi connectivity index (χ3n) is 1.15. The van der Waals surface area contributed by atoms with E-state index in [-0.39, 0.29) is 5.75 Å². The summed E-state index contributed by atoms with van der Waals surface area (Å²) >= 11 is 3.95. The SMILES string of the molecule is CC(F)(F)Oc1ccccc1S. The molecule has 0 aromatic heterocycles. The molecule has 0 spiro atoms. The molecule has 4 heteroatoms. The molecule has 0 aliphatic heterocycles. The number of benzene rings is 1. The lowest BCUT2D eigenvalue weighted by Crippen LogP contribution is -2.19. The Bertz CT molecular complexity index is 270. The summed E-state index contributed by atoms with van der Waals surface area (Å²) in [6, 6.07) is 6.34. The molecule has 0 N–H and O–H groups in total. The van der Waals surface area contributed by atoms with Gasteiger partial charge in [-0.2, -0.15) is 8.78 Å². The number of ether oxygens (including phenoxy) is 1. The van der Waals surface area contributed by atoms with Crippen LogP contribution >= 0.6 is 12.6 Å². The van der Waals surface area contributed by atoms with Crippen LogP contribution in [0.25, 0.3) is 0 Å². The maximum Gasteiger partial charge on any atom is 0.394 e. The number of alkyl halides is 2. The first-order valence-corrected chi connectivity index (χ1v) is 3.78. The zero-order valence-electron chi connectivity index (χ0n) is 6.42. The van der Waals surface area contributed by atoms with Gasteiger partial charge in [-0.3, -0.25) is 0 Å². The van der Waals surface area contributed by atoms with Crippen LogP contribution in [-0.4, -0.2) is 6.11 Å². The minimum Gasteiger partial charge on any atom is -0.432 e. The van der Waals surface area contributed by atoms with E-state index in [1.807, 2.05) is 0 Å². The molecule has 0 atom stereocenters. The molecule has 0 saturated heterocycles. The Morgan fingerprint density at radius 2 is 1.92 bits per heavy atom. The standard InChI is InChI=1S/C8H8F2OS/c1-8(9,10)11-6-4-2-3-5-7(6)12/h2-5,12H,1H3. The molecule has 1 aromatic carbocycles. The predicted octanol–water partition coefficient (Wildman–Crippen LogP) is 2.97. The smallest absolute Gasteiger partial charge is 0.394 e. The normalized spacial score (nSPS) is 11.3. The van der Waals surface area contributed by atoms with Crippen LogP contribution < -0.4 is 4.74 Å². The summed E-state index contributed by atoms with van der Waals surface area (Å²) in [5, 5.41) is 0. The number of hydrogen-bond acceptors (Lipinski definition) is 2. The van der Waals surface area contributed by atoms with E-state index >= 15 is 0 Å². The number of halogens is 2. The highest BCUT2D eigenvalue weighted by atomic mass is 32.1. The molecule has 0 heterocycles. The molecule has 0 fully saturated rings. The Kier molecular flexibility index (Phi) is 2.57. The topological polar surface area (TPSA) is 9.23 Å². The van der Waals surface area contributed by atoms with Crippen molar-refractivity contribution in [1.29, 1.82) is 0 Å². The largest absolute Gasteiger partial charge is 0.432 e. The maximum atomic E-state index is 12.3. The lowest BCUT2D eigenvalue weighted by atomic mass is 10.3. The van der Waals surface area contributed by atoms with Gasteiger partial charge in [-0.25, -0.2) is 0 Å². The second-order valence-electron chi connectivity index (χ2n) is 2.38. The van der Waals surface area contributed by atoms with Crippen molar-refractivity contribution in [2.75, 3.05) is 0 Å². The summed E-state index contributed by atoms with van der Waals surface area (Å²) in [7, 11) is 0. The van der Waals surface area contributed by atoms with Crippen LogP contribution in [0, 0.1) is 0 Å². The number of thiol groups is 1. The van der Waals surface area contributed by atoms with E-state index in [0.717, 1.165) is 0 Å². The molecule has 1 nitrogen and oxygen atoms in total. The van der Waals surface area contributed by atoms with Crippen LogP contribution in [0.1, 0.15) is 6.92 Å². The fraction of sp³-hybridized carbons (Fsp3) is 0.250. The van der Waals surface area contributed by atoms with Gasteiger partial charge in [0.05, 0.1) is 0 Å². The summed E-state index contributed by atoms with van der Waals surface area (Å²) in [4.78, 5) is 0.402. The summed E-state index contributed by atoms with van der Waals surface area (Å²) < 4.78 is 29.0. The van der Waals surface area contributed by atoms with Gasteiger partial charge in [0.2, 0.25) is 0 Å². The van der Waals surface area contributed by atoms with E-state index in [0.29, 0.717) is 11.8 Å². The van der Waals surface area contributed by atoms with Crippen molar-refractivity contribution in [3.05, 3.63) is 24.3 Å².